The summed E-state index contributed by atoms with van der Waals surface area (Å²) in [7, 11) is 0. The molecule has 1 fully saturated rings. The van der Waals surface area contributed by atoms with Gasteiger partial charge in [-0.15, -0.1) is 0 Å². The largest absolute Gasteiger partial charge is 0.375 e. The highest BCUT2D eigenvalue weighted by Crippen LogP contribution is 2.47. The van der Waals surface area contributed by atoms with Gasteiger partial charge >= 0.3 is 0 Å². The lowest BCUT2D eigenvalue weighted by Gasteiger charge is -2.36. The first-order chi connectivity index (χ1) is 12.7. The Morgan fingerprint density at radius 1 is 1.37 bits per heavy atom. The molecule has 1 aromatic heterocycles. The number of nitrogens with one attached hydrogen (secondary N) is 1. The molecule has 0 amide bonds. The summed E-state index contributed by atoms with van der Waals surface area (Å²) in [6, 6.07) is 5.55. The number of aliphatic imine (C=N–C) groups is 1. The van der Waals surface area contributed by atoms with Gasteiger partial charge in [-0.1, -0.05) is 41.0 Å². The second-order valence-corrected chi connectivity index (χ2v) is 9.74. The molecule has 1 saturated heterocycles. The van der Waals surface area contributed by atoms with Crippen molar-refractivity contribution in [2.75, 3.05) is 6.61 Å². The van der Waals surface area contributed by atoms with Gasteiger partial charge in [0.15, 0.2) is 5.82 Å². The zero-order valence-electron chi connectivity index (χ0n) is 15.4. The molecule has 0 aliphatic carbocycles. The van der Waals surface area contributed by atoms with E-state index in [0.717, 1.165) is 23.4 Å². The molecule has 5 nitrogen and oxygen atoms in total. The summed E-state index contributed by atoms with van der Waals surface area (Å²) in [6.07, 6.45) is 1.66. The van der Waals surface area contributed by atoms with Gasteiger partial charge < -0.3 is 4.74 Å². The number of ether oxygens (including phenoxy) is 1. The fraction of sp³-hybridized carbons (Fsp3) is 0.474. The zero-order chi connectivity index (χ0) is 19.3. The summed E-state index contributed by atoms with van der Waals surface area (Å²) in [5.74, 6) is 0.704. The summed E-state index contributed by atoms with van der Waals surface area (Å²) in [4.78, 5) is 17.6. The second kappa shape index (κ2) is 6.99. The van der Waals surface area contributed by atoms with Crippen LogP contribution in [0.2, 0.25) is 10.0 Å². The van der Waals surface area contributed by atoms with Crippen LogP contribution in [-0.2, 0) is 4.74 Å². The van der Waals surface area contributed by atoms with Gasteiger partial charge in [0.05, 0.1) is 27.5 Å². The maximum Gasteiger partial charge on any atom is 0.271 e. The number of fused-ring (bicyclic) bond motifs is 1. The molecule has 2 atom stereocenters. The van der Waals surface area contributed by atoms with E-state index in [0.29, 0.717) is 28.0 Å². The predicted octanol–water partition coefficient (Wildman–Crippen LogP) is 5.50. The van der Waals surface area contributed by atoms with E-state index in [9.17, 15) is 4.79 Å². The standard InChI is InChI=1S/C19H21Cl2N3O2S/c1-10-22-17-15(16(27-10)13-5-4-11(20)8-14(13)21)18(25)23-24(17)12-6-7-26-19(2,3)9-12/h4-5,8,12,16H,6-7,9H2,1-3H3,(H,23,25). The topological polar surface area (TPSA) is 59.4 Å². The Morgan fingerprint density at radius 3 is 2.85 bits per heavy atom. The van der Waals surface area contributed by atoms with Crippen LogP contribution in [0, 0.1) is 0 Å². The number of hydrogen-bond donors (Lipinski definition) is 1. The Hall–Kier alpha value is -1.21. The van der Waals surface area contributed by atoms with Crippen LogP contribution in [0.5, 0.6) is 0 Å². The van der Waals surface area contributed by atoms with Gasteiger partial charge in [-0.25, -0.2) is 4.99 Å². The van der Waals surface area contributed by atoms with Crippen LogP contribution in [0.4, 0.5) is 5.82 Å². The van der Waals surface area contributed by atoms with Crippen LogP contribution in [-0.4, -0.2) is 27.0 Å². The Kier molecular flexibility index (Phi) is 4.95. The minimum Gasteiger partial charge on any atom is -0.375 e. The zero-order valence-corrected chi connectivity index (χ0v) is 17.7. The summed E-state index contributed by atoms with van der Waals surface area (Å²) >= 11 is 14.0. The molecule has 1 N–H and O–H groups in total. The van der Waals surface area contributed by atoms with Gasteiger partial charge in [0.2, 0.25) is 0 Å². The minimum absolute atomic E-state index is 0.117. The van der Waals surface area contributed by atoms with Crippen molar-refractivity contribution in [3.63, 3.8) is 0 Å². The number of hydrogen-bond acceptors (Lipinski definition) is 4. The van der Waals surface area contributed by atoms with E-state index in [1.54, 1.807) is 23.9 Å². The van der Waals surface area contributed by atoms with E-state index in [1.807, 2.05) is 17.7 Å². The molecule has 0 bridgehead atoms. The number of halogens is 2. The number of rotatable bonds is 2. The van der Waals surface area contributed by atoms with Crippen molar-refractivity contribution in [3.8, 4) is 0 Å². The third kappa shape index (κ3) is 3.60. The molecule has 3 heterocycles. The molecule has 0 saturated carbocycles. The van der Waals surface area contributed by atoms with Crippen molar-refractivity contribution in [2.24, 2.45) is 4.99 Å². The molecular weight excluding hydrogens is 405 g/mol. The van der Waals surface area contributed by atoms with Crippen LogP contribution < -0.4 is 5.56 Å². The third-order valence-corrected chi connectivity index (χ3v) is 6.75. The molecule has 0 radical (unpaired) electrons. The van der Waals surface area contributed by atoms with Crippen LogP contribution >= 0.6 is 35.0 Å². The van der Waals surface area contributed by atoms with Gasteiger partial charge in [0.1, 0.15) is 0 Å². The molecule has 2 aliphatic rings. The molecule has 27 heavy (non-hydrogen) atoms. The van der Waals surface area contributed by atoms with Crippen LogP contribution in [0.3, 0.4) is 0 Å². The minimum atomic E-state index is -0.224. The van der Waals surface area contributed by atoms with Crippen LogP contribution in [0.25, 0.3) is 0 Å². The average Bonchev–Trinajstić information content (AvgIpc) is 2.90. The fourth-order valence-corrected chi connectivity index (χ4v) is 5.55. The summed E-state index contributed by atoms with van der Waals surface area (Å²) in [6.45, 7) is 6.78. The molecule has 8 heteroatoms. The number of aromatic nitrogens is 2. The van der Waals surface area contributed by atoms with E-state index >= 15 is 0 Å². The van der Waals surface area contributed by atoms with Gasteiger partial charge in [-0.3, -0.25) is 14.6 Å². The lowest BCUT2D eigenvalue weighted by molar-refractivity contribution is -0.0705. The maximum absolute atomic E-state index is 12.9. The predicted molar refractivity (Wildman–Crippen MR) is 112 cm³/mol. The summed E-state index contributed by atoms with van der Waals surface area (Å²) in [5, 5.41) is 4.85. The van der Waals surface area contributed by atoms with Crippen molar-refractivity contribution in [1.29, 1.82) is 0 Å². The Morgan fingerprint density at radius 2 is 2.15 bits per heavy atom. The van der Waals surface area contributed by atoms with Crippen molar-refractivity contribution in [3.05, 3.63) is 49.7 Å². The van der Waals surface area contributed by atoms with Gasteiger partial charge in [0.25, 0.3) is 5.56 Å². The van der Waals surface area contributed by atoms with Gasteiger partial charge in [-0.2, -0.15) is 0 Å². The first kappa shape index (κ1) is 19.1. The monoisotopic (exact) mass is 425 g/mol. The van der Waals surface area contributed by atoms with E-state index < -0.39 is 0 Å². The maximum atomic E-state index is 12.9. The average molecular weight is 426 g/mol. The summed E-state index contributed by atoms with van der Waals surface area (Å²) in [5.41, 5.74) is 1.18. The normalized spacial score (nSPS) is 24.4. The first-order valence-electron chi connectivity index (χ1n) is 8.90. The number of nitrogens with zero attached hydrogens (tertiary/aromatic N) is 2. The Balaban J connectivity index is 1.82. The van der Waals surface area contributed by atoms with Crippen LogP contribution in [0.1, 0.15) is 56.0 Å². The molecule has 2 unspecified atom stereocenters. The van der Waals surface area contributed by atoms with E-state index in [2.05, 4.69) is 18.9 Å². The lowest BCUT2D eigenvalue weighted by Crippen LogP contribution is -2.35. The molecule has 144 valence electrons. The summed E-state index contributed by atoms with van der Waals surface area (Å²) < 4.78 is 7.76. The first-order valence-corrected chi connectivity index (χ1v) is 10.5. The number of aromatic amines is 1. The number of benzene rings is 1. The van der Waals surface area contributed by atoms with Crippen molar-refractivity contribution < 1.29 is 4.74 Å². The molecule has 1 aromatic carbocycles. The molecular formula is C19H21Cl2N3O2S. The highest BCUT2D eigenvalue weighted by molar-refractivity contribution is 8.14. The highest BCUT2D eigenvalue weighted by Gasteiger charge is 2.36. The molecule has 0 spiro atoms. The van der Waals surface area contributed by atoms with Crippen molar-refractivity contribution in [1.82, 2.24) is 9.78 Å². The number of H-pyrrole nitrogens is 1. The SMILES string of the molecule is CC1=Nc2c(c(=O)[nH]n2C2CCOC(C)(C)C2)C(c2ccc(Cl)cc2Cl)S1. The van der Waals surface area contributed by atoms with Gasteiger partial charge in [-0.05, 0) is 51.3 Å². The van der Waals surface area contributed by atoms with Gasteiger partial charge in [0, 0.05) is 16.7 Å². The lowest BCUT2D eigenvalue weighted by atomic mass is 9.94. The number of thioether (sulfide) groups is 1. The molecule has 2 aliphatic heterocycles. The highest BCUT2D eigenvalue weighted by atomic mass is 35.5. The Bertz CT molecular complexity index is 980. The van der Waals surface area contributed by atoms with Crippen molar-refractivity contribution in [2.45, 2.75) is 50.5 Å². The fourth-order valence-electron chi connectivity index (χ4n) is 3.83. The second-order valence-electron chi connectivity index (χ2n) is 7.60. The van der Waals surface area contributed by atoms with Crippen LogP contribution in [0.15, 0.2) is 28.0 Å². The molecule has 4 rings (SSSR count). The van der Waals surface area contributed by atoms with Crippen molar-refractivity contribution >= 4 is 45.8 Å². The third-order valence-electron chi connectivity index (χ3n) is 5.03. The smallest absolute Gasteiger partial charge is 0.271 e. The molecule has 2 aromatic rings. The Labute approximate surface area is 172 Å². The van der Waals surface area contributed by atoms with E-state index in [4.69, 9.17) is 32.9 Å². The quantitative estimate of drug-likeness (QED) is 0.690. The van der Waals surface area contributed by atoms with E-state index in [-0.39, 0.29) is 22.5 Å². The van der Waals surface area contributed by atoms with E-state index in [1.165, 1.54) is 0 Å².